The fourth-order valence-corrected chi connectivity index (χ4v) is 3.43. The van der Waals surface area contributed by atoms with E-state index in [-0.39, 0.29) is 0 Å². The molecule has 4 heterocycles. The van der Waals surface area contributed by atoms with Crippen LogP contribution >= 0.6 is 15.9 Å². The topological polar surface area (TPSA) is 45.5 Å². The fraction of sp³-hybridized carbons (Fsp3) is 0.538. The molecule has 2 bridgehead atoms. The molecule has 2 aliphatic rings. The van der Waals surface area contributed by atoms with Crippen LogP contribution in [0.4, 0.5) is 5.95 Å². The zero-order valence-electron chi connectivity index (χ0n) is 10.6. The van der Waals surface area contributed by atoms with Crippen molar-refractivity contribution in [2.24, 2.45) is 0 Å². The van der Waals surface area contributed by atoms with Gasteiger partial charge in [0.05, 0.1) is 0 Å². The molecule has 4 rings (SSSR count). The molecule has 0 amide bonds. The Morgan fingerprint density at radius 3 is 3.05 bits per heavy atom. The lowest BCUT2D eigenvalue weighted by Gasteiger charge is -2.22. The van der Waals surface area contributed by atoms with Gasteiger partial charge < -0.3 is 10.2 Å². The van der Waals surface area contributed by atoms with E-state index in [1.54, 1.807) is 0 Å². The molecular weight excluding hydrogens is 306 g/mol. The fourth-order valence-electron chi connectivity index (χ4n) is 3.10. The predicted octanol–water partition coefficient (Wildman–Crippen LogP) is 1.82. The number of hydrogen-bond donors (Lipinski definition) is 1. The SMILES string of the molecule is Brc1ccc2nc(N3CCC4CCC(C3)N4)nn2c1. The molecule has 2 aromatic heterocycles. The van der Waals surface area contributed by atoms with Crippen LogP contribution in [-0.4, -0.2) is 39.8 Å². The van der Waals surface area contributed by atoms with E-state index < -0.39 is 0 Å². The minimum absolute atomic E-state index is 0.603. The smallest absolute Gasteiger partial charge is 0.245 e. The Labute approximate surface area is 120 Å². The lowest BCUT2D eigenvalue weighted by molar-refractivity contribution is 0.563. The second-order valence-electron chi connectivity index (χ2n) is 5.43. The van der Waals surface area contributed by atoms with Crippen molar-refractivity contribution >= 4 is 27.5 Å². The van der Waals surface area contributed by atoms with Gasteiger partial charge in [0.1, 0.15) is 0 Å². The number of pyridine rings is 1. The van der Waals surface area contributed by atoms with Gasteiger partial charge in [0.15, 0.2) is 5.65 Å². The third kappa shape index (κ3) is 2.12. The van der Waals surface area contributed by atoms with Crippen molar-refractivity contribution in [3.05, 3.63) is 22.8 Å². The first-order valence-electron chi connectivity index (χ1n) is 6.81. The molecule has 5 nitrogen and oxygen atoms in total. The highest BCUT2D eigenvalue weighted by Gasteiger charge is 2.30. The summed E-state index contributed by atoms with van der Waals surface area (Å²) >= 11 is 3.46. The first-order valence-corrected chi connectivity index (χ1v) is 7.60. The zero-order chi connectivity index (χ0) is 12.8. The maximum Gasteiger partial charge on any atom is 0.245 e. The van der Waals surface area contributed by atoms with Gasteiger partial charge in [-0.1, -0.05) is 0 Å². The highest BCUT2D eigenvalue weighted by molar-refractivity contribution is 9.10. The van der Waals surface area contributed by atoms with Crippen LogP contribution in [0.15, 0.2) is 22.8 Å². The summed E-state index contributed by atoms with van der Waals surface area (Å²) in [4.78, 5) is 6.95. The van der Waals surface area contributed by atoms with Crippen LogP contribution < -0.4 is 10.2 Å². The van der Waals surface area contributed by atoms with Gasteiger partial charge in [0, 0.05) is 35.8 Å². The third-order valence-corrected chi connectivity index (χ3v) is 4.56. The van der Waals surface area contributed by atoms with E-state index in [0.29, 0.717) is 12.1 Å². The number of hydrogen-bond acceptors (Lipinski definition) is 4. The Morgan fingerprint density at radius 2 is 2.11 bits per heavy atom. The number of rotatable bonds is 1. The molecule has 1 N–H and O–H groups in total. The quantitative estimate of drug-likeness (QED) is 0.870. The number of halogens is 1. The molecule has 2 saturated heterocycles. The Kier molecular flexibility index (Phi) is 2.73. The first kappa shape index (κ1) is 11.7. The summed E-state index contributed by atoms with van der Waals surface area (Å²) in [6.07, 6.45) is 5.74. The Balaban J connectivity index is 1.66. The molecule has 0 saturated carbocycles. The Bertz CT molecular complexity index is 610. The predicted molar refractivity (Wildman–Crippen MR) is 77.5 cm³/mol. The third-order valence-electron chi connectivity index (χ3n) is 4.09. The second kappa shape index (κ2) is 4.45. The zero-order valence-corrected chi connectivity index (χ0v) is 12.2. The van der Waals surface area contributed by atoms with Crippen molar-refractivity contribution in [1.82, 2.24) is 19.9 Å². The van der Waals surface area contributed by atoms with Crippen molar-refractivity contribution in [3.63, 3.8) is 0 Å². The van der Waals surface area contributed by atoms with Gasteiger partial charge in [0.25, 0.3) is 0 Å². The van der Waals surface area contributed by atoms with Crippen LogP contribution in [0.5, 0.6) is 0 Å². The number of anilines is 1. The van der Waals surface area contributed by atoms with E-state index in [9.17, 15) is 0 Å². The molecule has 2 aromatic rings. The molecule has 2 atom stereocenters. The molecule has 0 spiro atoms. The van der Waals surface area contributed by atoms with Crippen LogP contribution in [0.3, 0.4) is 0 Å². The molecule has 0 aliphatic carbocycles. The second-order valence-corrected chi connectivity index (χ2v) is 6.35. The number of aromatic nitrogens is 3. The molecule has 19 heavy (non-hydrogen) atoms. The van der Waals surface area contributed by atoms with Gasteiger partial charge >= 0.3 is 0 Å². The first-order chi connectivity index (χ1) is 9.28. The molecule has 2 unspecified atom stereocenters. The molecular formula is C13H16BrN5. The van der Waals surface area contributed by atoms with Crippen molar-refractivity contribution in [1.29, 1.82) is 0 Å². The summed E-state index contributed by atoms with van der Waals surface area (Å²) in [5, 5.41) is 8.28. The number of fused-ring (bicyclic) bond motifs is 3. The van der Waals surface area contributed by atoms with Crippen molar-refractivity contribution < 1.29 is 0 Å². The Morgan fingerprint density at radius 1 is 1.21 bits per heavy atom. The van der Waals surface area contributed by atoms with E-state index in [1.807, 2.05) is 22.8 Å². The van der Waals surface area contributed by atoms with Gasteiger partial charge in [-0.2, -0.15) is 4.98 Å². The number of nitrogens with one attached hydrogen (secondary N) is 1. The maximum absolute atomic E-state index is 4.63. The summed E-state index contributed by atoms with van der Waals surface area (Å²) < 4.78 is 2.86. The van der Waals surface area contributed by atoms with Crippen LogP contribution in [0.1, 0.15) is 19.3 Å². The minimum atomic E-state index is 0.603. The maximum atomic E-state index is 4.63. The van der Waals surface area contributed by atoms with Crippen molar-refractivity contribution in [3.8, 4) is 0 Å². The van der Waals surface area contributed by atoms with Gasteiger partial charge in [0.2, 0.25) is 5.95 Å². The minimum Gasteiger partial charge on any atom is -0.338 e. The molecule has 100 valence electrons. The molecule has 2 aliphatic heterocycles. The molecule has 2 fully saturated rings. The lowest BCUT2D eigenvalue weighted by atomic mass is 10.1. The molecule has 6 heteroatoms. The largest absolute Gasteiger partial charge is 0.338 e. The highest BCUT2D eigenvalue weighted by Crippen LogP contribution is 2.23. The van der Waals surface area contributed by atoms with Crippen molar-refractivity contribution in [2.45, 2.75) is 31.3 Å². The summed E-state index contributed by atoms with van der Waals surface area (Å²) in [5.41, 5.74) is 0.903. The lowest BCUT2D eigenvalue weighted by Crippen LogP contribution is -2.35. The normalized spacial score (nSPS) is 26.9. The molecule has 0 aromatic carbocycles. The van der Waals surface area contributed by atoms with Crippen LogP contribution in [0, 0.1) is 0 Å². The van der Waals surface area contributed by atoms with E-state index in [2.05, 4.69) is 36.2 Å². The van der Waals surface area contributed by atoms with E-state index >= 15 is 0 Å². The average Bonchev–Trinajstić information content (AvgIpc) is 2.92. The number of nitrogens with zero attached hydrogens (tertiary/aromatic N) is 4. The van der Waals surface area contributed by atoms with Gasteiger partial charge in [-0.3, -0.25) is 0 Å². The van der Waals surface area contributed by atoms with Gasteiger partial charge in [-0.15, -0.1) is 5.10 Å². The van der Waals surface area contributed by atoms with Crippen LogP contribution in [-0.2, 0) is 0 Å². The van der Waals surface area contributed by atoms with Crippen LogP contribution in [0.2, 0.25) is 0 Å². The average molecular weight is 322 g/mol. The standard InChI is InChI=1S/C13H16BrN5/c14-9-1-4-12-16-13(17-19(12)7-9)18-6-5-10-2-3-11(8-18)15-10/h1,4,7,10-11,15H,2-3,5-6,8H2. The monoisotopic (exact) mass is 321 g/mol. The summed E-state index contributed by atoms with van der Waals surface area (Å²) in [7, 11) is 0. The summed E-state index contributed by atoms with van der Waals surface area (Å²) in [5.74, 6) is 0.854. The van der Waals surface area contributed by atoms with Crippen molar-refractivity contribution in [2.75, 3.05) is 18.0 Å². The van der Waals surface area contributed by atoms with E-state index in [4.69, 9.17) is 0 Å². The van der Waals surface area contributed by atoms with E-state index in [1.165, 1.54) is 19.3 Å². The highest BCUT2D eigenvalue weighted by atomic mass is 79.9. The van der Waals surface area contributed by atoms with E-state index in [0.717, 1.165) is 29.2 Å². The van der Waals surface area contributed by atoms with Gasteiger partial charge in [-0.05, 0) is 47.3 Å². The summed E-state index contributed by atoms with van der Waals surface area (Å²) in [6.45, 7) is 2.07. The summed E-state index contributed by atoms with van der Waals surface area (Å²) in [6, 6.07) is 5.29. The Hall–Kier alpha value is -1.14. The van der Waals surface area contributed by atoms with Gasteiger partial charge in [-0.25, -0.2) is 4.52 Å². The molecule has 0 radical (unpaired) electrons. The van der Waals surface area contributed by atoms with Crippen LogP contribution in [0.25, 0.3) is 5.65 Å².